The summed E-state index contributed by atoms with van der Waals surface area (Å²) in [6.07, 6.45) is 0.639. The molecule has 3 aromatic carbocycles. The van der Waals surface area contributed by atoms with Crippen LogP contribution in [-0.4, -0.2) is 32.4 Å². The van der Waals surface area contributed by atoms with E-state index in [9.17, 15) is 18.0 Å². The quantitative estimate of drug-likeness (QED) is 0.468. The average Bonchev–Trinajstić information content (AvgIpc) is 3.15. The van der Waals surface area contributed by atoms with Gasteiger partial charge in [-0.15, -0.1) is 0 Å². The zero-order valence-electron chi connectivity index (χ0n) is 17.4. The van der Waals surface area contributed by atoms with E-state index in [0.29, 0.717) is 40.5 Å². The number of halogens is 2. The first kappa shape index (κ1) is 23.3. The summed E-state index contributed by atoms with van der Waals surface area (Å²) in [5, 5.41) is 3.32. The van der Waals surface area contributed by atoms with Gasteiger partial charge in [-0.05, 0) is 48.4 Å². The topological polar surface area (TPSA) is 83.6 Å². The fourth-order valence-corrected chi connectivity index (χ4v) is 5.66. The van der Waals surface area contributed by atoms with Crippen molar-refractivity contribution in [2.24, 2.45) is 0 Å². The molecule has 4 rings (SSSR count). The zero-order chi connectivity index (χ0) is 23.6. The molecule has 9 heteroatoms. The maximum absolute atomic E-state index is 12.8. The Morgan fingerprint density at radius 1 is 0.939 bits per heavy atom. The molecule has 0 radical (unpaired) electrons. The fraction of sp³-hybridized carbons (Fsp3) is 0.167. The number of Topliss-reactive ketones (excluding diaryl/α,β-unsaturated/α-hetero) is 1. The Hall–Kier alpha value is -2.87. The van der Waals surface area contributed by atoms with E-state index >= 15 is 0 Å². The van der Waals surface area contributed by atoms with Gasteiger partial charge in [0.25, 0.3) is 5.91 Å². The van der Waals surface area contributed by atoms with E-state index in [1.807, 2.05) is 6.07 Å². The van der Waals surface area contributed by atoms with E-state index in [1.54, 1.807) is 48.5 Å². The lowest BCUT2D eigenvalue weighted by molar-refractivity contribution is 0.0991. The first-order valence-corrected chi connectivity index (χ1v) is 12.6. The highest BCUT2D eigenvalue weighted by molar-refractivity contribution is 7.93. The molecule has 1 heterocycles. The monoisotopic (exact) mass is 502 g/mol. The van der Waals surface area contributed by atoms with E-state index in [4.69, 9.17) is 23.2 Å². The van der Waals surface area contributed by atoms with Crippen molar-refractivity contribution < 1.29 is 18.0 Å². The molecule has 0 spiro atoms. The van der Waals surface area contributed by atoms with E-state index in [0.717, 1.165) is 0 Å². The lowest BCUT2D eigenvalue weighted by atomic mass is 10.0. The van der Waals surface area contributed by atoms with Gasteiger partial charge in [0.1, 0.15) is 0 Å². The van der Waals surface area contributed by atoms with Crippen molar-refractivity contribution in [3.05, 3.63) is 93.5 Å². The summed E-state index contributed by atoms with van der Waals surface area (Å²) < 4.78 is 25.6. The summed E-state index contributed by atoms with van der Waals surface area (Å²) in [6, 6.07) is 18.3. The Balaban J connectivity index is 1.50. The van der Waals surface area contributed by atoms with Crippen molar-refractivity contribution in [1.82, 2.24) is 0 Å². The Kier molecular flexibility index (Phi) is 6.74. The molecule has 6 nitrogen and oxygen atoms in total. The molecule has 1 aliphatic heterocycles. The first-order chi connectivity index (χ1) is 15.7. The fourth-order valence-electron chi connectivity index (χ4n) is 3.66. The summed E-state index contributed by atoms with van der Waals surface area (Å²) >= 11 is 12.6. The number of hydrogen-bond donors (Lipinski definition) is 1. The van der Waals surface area contributed by atoms with Crippen LogP contribution in [0.1, 0.15) is 32.7 Å². The Labute approximate surface area is 202 Å². The molecule has 170 valence electrons. The van der Waals surface area contributed by atoms with Gasteiger partial charge in [0, 0.05) is 29.2 Å². The Morgan fingerprint density at radius 3 is 2.36 bits per heavy atom. The van der Waals surface area contributed by atoms with Crippen LogP contribution in [0.15, 0.2) is 66.7 Å². The van der Waals surface area contributed by atoms with E-state index in [-0.39, 0.29) is 28.5 Å². The normalized spacial score (nSPS) is 14.8. The van der Waals surface area contributed by atoms with Crippen molar-refractivity contribution in [1.29, 1.82) is 0 Å². The molecule has 0 aromatic heterocycles. The molecular formula is C24H20Cl2N2O4S. The summed E-state index contributed by atoms with van der Waals surface area (Å²) in [6.45, 7) is 0.388. The third kappa shape index (κ3) is 5.21. The van der Waals surface area contributed by atoms with Crippen LogP contribution in [0.3, 0.4) is 0 Å². The van der Waals surface area contributed by atoms with Crippen LogP contribution >= 0.6 is 23.2 Å². The second-order valence-electron chi connectivity index (χ2n) is 7.63. The summed E-state index contributed by atoms with van der Waals surface area (Å²) in [7, 11) is -3.34. The minimum absolute atomic E-state index is 0.0866. The molecule has 0 saturated carbocycles. The third-order valence-corrected chi connectivity index (χ3v) is 7.89. The first-order valence-electron chi connectivity index (χ1n) is 10.2. The van der Waals surface area contributed by atoms with Crippen molar-refractivity contribution in [3.8, 4) is 0 Å². The molecule has 0 unspecified atom stereocenters. The van der Waals surface area contributed by atoms with Gasteiger partial charge in [0.2, 0.25) is 10.0 Å². The summed E-state index contributed by atoms with van der Waals surface area (Å²) in [5.74, 6) is -0.451. The average molecular weight is 503 g/mol. The van der Waals surface area contributed by atoms with Crippen LogP contribution in [0.5, 0.6) is 0 Å². The van der Waals surface area contributed by atoms with Crippen LogP contribution in [0, 0.1) is 0 Å². The SMILES string of the molecule is O=C(Cc1cc(NC(=O)c2ccc(N3CCCS3(=O)=O)cc2Cl)ccc1Cl)c1ccccc1. The summed E-state index contributed by atoms with van der Waals surface area (Å²) in [4.78, 5) is 25.3. The van der Waals surface area contributed by atoms with Gasteiger partial charge in [-0.2, -0.15) is 0 Å². The highest BCUT2D eigenvalue weighted by Gasteiger charge is 2.29. The van der Waals surface area contributed by atoms with E-state index in [2.05, 4.69) is 5.32 Å². The molecule has 3 aromatic rings. The number of benzene rings is 3. The second-order valence-corrected chi connectivity index (χ2v) is 10.5. The van der Waals surface area contributed by atoms with E-state index in [1.165, 1.54) is 16.4 Å². The number of rotatable bonds is 6. The number of sulfonamides is 1. The largest absolute Gasteiger partial charge is 0.322 e. The number of carbonyl (C=O) groups excluding carboxylic acids is 2. The highest BCUT2D eigenvalue weighted by Crippen LogP contribution is 2.29. The maximum Gasteiger partial charge on any atom is 0.257 e. The molecular weight excluding hydrogens is 483 g/mol. The second kappa shape index (κ2) is 9.55. The van der Waals surface area contributed by atoms with Crippen LogP contribution < -0.4 is 9.62 Å². The molecule has 0 atom stereocenters. The molecule has 1 fully saturated rings. The smallest absolute Gasteiger partial charge is 0.257 e. The number of ketones is 1. The van der Waals surface area contributed by atoms with Gasteiger partial charge >= 0.3 is 0 Å². The maximum atomic E-state index is 12.8. The minimum atomic E-state index is -3.34. The van der Waals surface area contributed by atoms with Gasteiger partial charge in [-0.25, -0.2) is 8.42 Å². The minimum Gasteiger partial charge on any atom is -0.322 e. The van der Waals surface area contributed by atoms with Crippen molar-refractivity contribution in [2.45, 2.75) is 12.8 Å². The standard InChI is InChI=1S/C24H20Cl2N2O4S/c25-21-10-7-18(13-17(21)14-23(29)16-5-2-1-3-6-16)27-24(30)20-9-8-19(15-22(20)26)28-11-4-12-33(28,31)32/h1-3,5-10,13,15H,4,11-12,14H2,(H,27,30). The number of hydrogen-bond acceptors (Lipinski definition) is 4. The molecule has 33 heavy (non-hydrogen) atoms. The third-order valence-electron chi connectivity index (χ3n) is 5.33. The Bertz CT molecular complexity index is 1330. The number of amides is 1. The Morgan fingerprint density at radius 2 is 1.70 bits per heavy atom. The predicted octanol–water partition coefficient (Wildman–Crippen LogP) is 5.21. The highest BCUT2D eigenvalue weighted by atomic mass is 35.5. The molecule has 1 aliphatic rings. The molecule has 1 saturated heterocycles. The van der Waals surface area contributed by atoms with Crippen molar-refractivity contribution >= 4 is 56.3 Å². The molecule has 1 amide bonds. The summed E-state index contributed by atoms with van der Waals surface area (Å²) in [5.41, 5.74) is 2.26. The van der Waals surface area contributed by atoms with Crippen molar-refractivity contribution in [2.75, 3.05) is 21.9 Å². The molecule has 0 bridgehead atoms. The van der Waals surface area contributed by atoms with E-state index < -0.39 is 15.9 Å². The van der Waals surface area contributed by atoms with Gasteiger partial charge in [-0.1, -0.05) is 53.5 Å². The number of carbonyl (C=O) groups is 2. The lowest BCUT2D eigenvalue weighted by Crippen LogP contribution is -2.25. The number of nitrogens with one attached hydrogen (secondary N) is 1. The van der Waals surface area contributed by atoms with Gasteiger partial charge in [0.15, 0.2) is 5.78 Å². The number of nitrogens with zero attached hydrogens (tertiary/aromatic N) is 1. The van der Waals surface area contributed by atoms with Gasteiger partial charge in [0.05, 0.1) is 22.0 Å². The molecule has 0 aliphatic carbocycles. The van der Waals surface area contributed by atoms with Crippen LogP contribution in [0.2, 0.25) is 10.0 Å². The van der Waals surface area contributed by atoms with Crippen molar-refractivity contribution in [3.63, 3.8) is 0 Å². The molecule has 1 N–H and O–H groups in total. The zero-order valence-corrected chi connectivity index (χ0v) is 19.8. The van der Waals surface area contributed by atoms with Gasteiger partial charge < -0.3 is 5.32 Å². The van der Waals surface area contributed by atoms with Crippen LogP contribution in [0.25, 0.3) is 0 Å². The predicted molar refractivity (Wildman–Crippen MR) is 131 cm³/mol. The van der Waals surface area contributed by atoms with Gasteiger partial charge in [-0.3, -0.25) is 13.9 Å². The van der Waals surface area contributed by atoms with Crippen LogP contribution in [0.4, 0.5) is 11.4 Å². The lowest BCUT2D eigenvalue weighted by Gasteiger charge is -2.18. The van der Waals surface area contributed by atoms with Crippen LogP contribution in [-0.2, 0) is 16.4 Å². The number of anilines is 2.